The van der Waals surface area contributed by atoms with Crippen LogP contribution in [0, 0.1) is 6.92 Å². The van der Waals surface area contributed by atoms with E-state index in [2.05, 4.69) is 47.5 Å². The lowest BCUT2D eigenvalue weighted by molar-refractivity contribution is 0.199. The van der Waals surface area contributed by atoms with Gasteiger partial charge >= 0.3 is 0 Å². The first-order chi connectivity index (χ1) is 9.72. The summed E-state index contributed by atoms with van der Waals surface area (Å²) in [7, 11) is 0. The van der Waals surface area contributed by atoms with Gasteiger partial charge in [0.25, 0.3) is 0 Å². The highest BCUT2D eigenvalue weighted by molar-refractivity contribution is 5.85. The van der Waals surface area contributed by atoms with Gasteiger partial charge in [-0.2, -0.15) is 5.10 Å². The molecule has 0 amide bonds. The minimum Gasteiger partial charge on any atom is -0.312 e. The first-order valence-corrected chi connectivity index (χ1v) is 7.28. The van der Waals surface area contributed by atoms with E-state index in [9.17, 15) is 0 Å². The van der Waals surface area contributed by atoms with Crippen molar-refractivity contribution in [3.8, 4) is 5.69 Å². The fraction of sp³-hybridized carbons (Fsp3) is 0.438. The van der Waals surface area contributed by atoms with Gasteiger partial charge in [-0.1, -0.05) is 18.2 Å². The van der Waals surface area contributed by atoms with E-state index in [1.165, 1.54) is 5.56 Å². The maximum atomic E-state index is 4.64. The molecular formula is C16H23ClN4. The summed E-state index contributed by atoms with van der Waals surface area (Å²) in [6.45, 7) is 8.63. The van der Waals surface area contributed by atoms with Gasteiger partial charge in [-0.3, -0.25) is 4.90 Å². The maximum Gasteiger partial charge on any atom is 0.0645 e. The molecule has 1 fully saturated rings. The lowest BCUT2D eigenvalue weighted by Gasteiger charge is -2.31. The van der Waals surface area contributed by atoms with E-state index in [1.807, 2.05) is 22.9 Å². The molecule has 1 saturated heterocycles. The number of halogens is 1. The SMILES string of the molecule is Cc1nn(-c2ccccc2)cc1CN1CCN[C@H](C)C1.Cl. The summed E-state index contributed by atoms with van der Waals surface area (Å²) < 4.78 is 1.98. The summed E-state index contributed by atoms with van der Waals surface area (Å²) in [6, 6.07) is 10.9. The number of nitrogens with zero attached hydrogens (tertiary/aromatic N) is 3. The zero-order chi connectivity index (χ0) is 13.9. The van der Waals surface area contributed by atoms with E-state index in [0.29, 0.717) is 6.04 Å². The van der Waals surface area contributed by atoms with Crippen molar-refractivity contribution in [1.82, 2.24) is 20.0 Å². The van der Waals surface area contributed by atoms with Crippen molar-refractivity contribution < 1.29 is 0 Å². The van der Waals surface area contributed by atoms with Crippen LogP contribution in [-0.2, 0) is 6.54 Å². The predicted octanol–water partition coefficient (Wildman–Crippen LogP) is 2.40. The molecule has 5 heteroatoms. The second-order valence-corrected chi connectivity index (χ2v) is 5.61. The molecule has 1 N–H and O–H groups in total. The van der Waals surface area contributed by atoms with E-state index >= 15 is 0 Å². The molecule has 4 nitrogen and oxygen atoms in total. The van der Waals surface area contributed by atoms with Crippen molar-refractivity contribution >= 4 is 12.4 Å². The number of piperazine rings is 1. The maximum absolute atomic E-state index is 4.64. The molecule has 0 unspecified atom stereocenters. The number of nitrogens with one attached hydrogen (secondary N) is 1. The highest BCUT2D eigenvalue weighted by Crippen LogP contribution is 2.14. The van der Waals surface area contributed by atoms with Gasteiger partial charge in [0.2, 0.25) is 0 Å². The molecule has 2 heterocycles. The van der Waals surface area contributed by atoms with Crippen molar-refractivity contribution in [1.29, 1.82) is 0 Å². The summed E-state index contributed by atoms with van der Waals surface area (Å²) in [5, 5.41) is 8.12. The van der Waals surface area contributed by atoms with Gasteiger partial charge in [-0.15, -0.1) is 12.4 Å². The smallest absolute Gasteiger partial charge is 0.0645 e. The molecule has 114 valence electrons. The Bertz CT molecular complexity index is 567. The Morgan fingerprint density at radius 2 is 2.05 bits per heavy atom. The molecule has 1 aromatic heterocycles. The molecular weight excluding hydrogens is 284 g/mol. The van der Waals surface area contributed by atoms with Gasteiger partial charge in [0.05, 0.1) is 11.4 Å². The summed E-state index contributed by atoms with van der Waals surface area (Å²) >= 11 is 0. The average Bonchev–Trinajstić information content (AvgIpc) is 2.81. The highest BCUT2D eigenvalue weighted by Gasteiger charge is 2.17. The van der Waals surface area contributed by atoms with Crippen molar-refractivity contribution in [2.24, 2.45) is 0 Å². The first kappa shape index (κ1) is 16.0. The first-order valence-electron chi connectivity index (χ1n) is 7.28. The molecule has 1 aliphatic rings. The number of hydrogen-bond donors (Lipinski definition) is 1. The number of aromatic nitrogens is 2. The van der Waals surface area contributed by atoms with Gasteiger partial charge in [-0.05, 0) is 26.0 Å². The molecule has 1 aliphatic heterocycles. The van der Waals surface area contributed by atoms with E-state index in [-0.39, 0.29) is 12.4 Å². The van der Waals surface area contributed by atoms with Crippen LogP contribution < -0.4 is 5.32 Å². The van der Waals surface area contributed by atoms with Crippen molar-refractivity contribution in [3.63, 3.8) is 0 Å². The number of rotatable bonds is 3. The minimum atomic E-state index is 0. The monoisotopic (exact) mass is 306 g/mol. The Morgan fingerprint density at radius 3 is 2.76 bits per heavy atom. The van der Waals surface area contributed by atoms with Crippen LogP contribution in [0.15, 0.2) is 36.5 Å². The average molecular weight is 307 g/mol. The second kappa shape index (κ2) is 7.07. The fourth-order valence-corrected chi connectivity index (χ4v) is 2.76. The standard InChI is InChI=1S/C16H22N4.ClH/c1-13-10-19(9-8-17-13)11-15-12-20(18-14(15)2)16-6-4-3-5-7-16;/h3-7,12-13,17H,8-11H2,1-2H3;1H/t13-;/m1./s1. The summed E-state index contributed by atoms with van der Waals surface area (Å²) in [4.78, 5) is 2.50. The van der Waals surface area contributed by atoms with Crippen molar-refractivity contribution in [2.75, 3.05) is 19.6 Å². The molecule has 21 heavy (non-hydrogen) atoms. The normalized spacial score (nSPS) is 19.2. The lowest BCUT2D eigenvalue weighted by Crippen LogP contribution is -2.48. The summed E-state index contributed by atoms with van der Waals surface area (Å²) in [6.07, 6.45) is 2.16. The van der Waals surface area contributed by atoms with Crippen LogP contribution in [0.2, 0.25) is 0 Å². The zero-order valence-electron chi connectivity index (χ0n) is 12.6. The Labute approximate surface area is 132 Å². The Hall–Kier alpha value is -1.36. The van der Waals surface area contributed by atoms with E-state index in [4.69, 9.17) is 0 Å². The van der Waals surface area contributed by atoms with Gasteiger partial charge in [0, 0.05) is 44.0 Å². The molecule has 0 bridgehead atoms. The van der Waals surface area contributed by atoms with Gasteiger partial charge in [0.15, 0.2) is 0 Å². The molecule has 1 aromatic carbocycles. The van der Waals surface area contributed by atoms with Crippen LogP contribution in [-0.4, -0.2) is 40.4 Å². The molecule has 0 radical (unpaired) electrons. The lowest BCUT2D eigenvalue weighted by atomic mass is 10.2. The van der Waals surface area contributed by atoms with Gasteiger partial charge in [0.1, 0.15) is 0 Å². The third-order valence-corrected chi connectivity index (χ3v) is 3.87. The van der Waals surface area contributed by atoms with Crippen LogP contribution in [0.1, 0.15) is 18.2 Å². The topological polar surface area (TPSA) is 33.1 Å². The van der Waals surface area contributed by atoms with Crippen LogP contribution in [0.25, 0.3) is 5.69 Å². The van der Waals surface area contributed by atoms with E-state index in [1.54, 1.807) is 0 Å². The minimum absolute atomic E-state index is 0. The molecule has 1 atom stereocenters. The quantitative estimate of drug-likeness (QED) is 0.945. The number of aryl methyl sites for hydroxylation is 1. The van der Waals surface area contributed by atoms with Crippen LogP contribution in [0.3, 0.4) is 0 Å². The number of hydrogen-bond acceptors (Lipinski definition) is 3. The molecule has 0 aliphatic carbocycles. The van der Waals surface area contributed by atoms with Crippen LogP contribution in [0.5, 0.6) is 0 Å². The number of benzene rings is 1. The second-order valence-electron chi connectivity index (χ2n) is 5.61. The predicted molar refractivity (Wildman–Crippen MR) is 88.3 cm³/mol. The Balaban J connectivity index is 0.00000161. The van der Waals surface area contributed by atoms with Crippen molar-refractivity contribution in [3.05, 3.63) is 47.8 Å². The van der Waals surface area contributed by atoms with Crippen molar-refractivity contribution in [2.45, 2.75) is 26.4 Å². The molecule has 0 spiro atoms. The Morgan fingerprint density at radius 1 is 1.29 bits per heavy atom. The third-order valence-electron chi connectivity index (χ3n) is 3.87. The molecule has 2 aromatic rings. The van der Waals surface area contributed by atoms with Crippen LogP contribution >= 0.6 is 12.4 Å². The van der Waals surface area contributed by atoms with Gasteiger partial charge in [-0.25, -0.2) is 4.68 Å². The summed E-state index contributed by atoms with van der Waals surface area (Å²) in [5.74, 6) is 0. The third kappa shape index (κ3) is 3.84. The Kier molecular flexibility index (Phi) is 5.39. The number of para-hydroxylation sites is 1. The van der Waals surface area contributed by atoms with E-state index < -0.39 is 0 Å². The highest BCUT2D eigenvalue weighted by atomic mass is 35.5. The molecule has 0 saturated carbocycles. The van der Waals surface area contributed by atoms with Crippen LogP contribution in [0.4, 0.5) is 0 Å². The largest absolute Gasteiger partial charge is 0.312 e. The van der Waals surface area contributed by atoms with E-state index in [0.717, 1.165) is 37.6 Å². The zero-order valence-corrected chi connectivity index (χ0v) is 13.4. The molecule has 3 rings (SSSR count). The summed E-state index contributed by atoms with van der Waals surface area (Å²) in [5.41, 5.74) is 3.57. The fourth-order valence-electron chi connectivity index (χ4n) is 2.76. The van der Waals surface area contributed by atoms with Gasteiger partial charge < -0.3 is 5.32 Å².